The van der Waals surface area contributed by atoms with Crippen molar-refractivity contribution in [3.8, 4) is 0 Å². The summed E-state index contributed by atoms with van der Waals surface area (Å²) in [5.74, 6) is 0.0363. The lowest BCUT2D eigenvalue weighted by Gasteiger charge is -2.08. The lowest BCUT2D eigenvalue weighted by Crippen LogP contribution is -2.49. The van der Waals surface area contributed by atoms with E-state index >= 15 is 0 Å². The minimum atomic E-state index is -0.440. The number of rotatable bonds is 4. The number of nitrogens with one attached hydrogen (secondary N) is 2. The molecule has 0 radical (unpaired) electrons. The van der Waals surface area contributed by atoms with E-state index in [1.807, 2.05) is 50.6 Å². The molecule has 0 saturated carbocycles. The van der Waals surface area contributed by atoms with E-state index in [2.05, 4.69) is 10.6 Å². The Morgan fingerprint density at radius 3 is 2.63 bits per heavy atom. The van der Waals surface area contributed by atoms with Gasteiger partial charge >= 0.3 is 6.03 Å². The summed E-state index contributed by atoms with van der Waals surface area (Å²) in [7, 11) is 0. The van der Waals surface area contributed by atoms with E-state index in [4.69, 9.17) is 0 Å². The van der Waals surface area contributed by atoms with Crippen LogP contribution < -0.4 is 15.2 Å². The van der Waals surface area contributed by atoms with Gasteiger partial charge in [0.2, 0.25) is 6.54 Å². The lowest BCUT2D eigenvalue weighted by atomic mass is 10.2. The van der Waals surface area contributed by atoms with E-state index < -0.39 is 6.03 Å². The van der Waals surface area contributed by atoms with Crippen LogP contribution in [0.1, 0.15) is 25.1 Å². The third-order valence-electron chi connectivity index (χ3n) is 2.85. The second kappa shape index (κ2) is 6.87. The summed E-state index contributed by atoms with van der Waals surface area (Å²) in [6.07, 6.45) is 1.83. The third-order valence-corrected chi connectivity index (χ3v) is 2.85. The van der Waals surface area contributed by atoms with Gasteiger partial charge in [-0.2, -0.15) is 4.57 Å². The Balaban J connectivity index is 2.51. The van der Waals surface area contributed by atoms with E-state index in [-0.39, 0.29) is 12.5 Å². The van der Waals surface area contributed by atoms with Crippen molar-refractivity contribution in [2.45, 2.75) is 34.2 Å². The Hall–Kier alpha value is -1.91. The highest BCUT2D eigenvalue weighted by Crippen LogP contribution is 1.98. The van der Waals surface area contributed by atoms with Crippen LogP contribution in [-0.2, 0) is 11.3 Å². The van der Waals surface area contributed by atoms with Crippen LogP contribution >= 0.6 is 0 Å². The number of urea groups is 1. The molecule has 0 aliphatic rings. The molecule has 0 bridgehead atoms. The predicted molar refractivity (Wildman–Crippen MR) is 72.5 cm³/mol. The van der Waals surface area contributed by atoms with Gasteiger partial charge in [-0.1, -0.05) is 13.8 Å². The summed E-state index contributed by atoms with van der Waals surface area (Å²) in [5, 5.41) is 4.97. The zero-order chi connectivity index (χ0) is 14.4. The number of hydrogen-bond acceptors (Lipinski definition) is 2. The maximum absolute atomic E-state index is 11.7. The number of aromatic nitrogens is 1. The van der Waals surface area contributed by atoms with Crippen LogP contribution in [0.3, 0.4) is 0 Å². The maximum atomic E-state index is 11.7. The smallest absolute Gasteiger partial charge is 0.321 e. The Labute approximate surface area is 114 Å². The molecule has 1 aromatic heterocycles. The highest BCUT2D eigenvalue weighted by molar-refractivity contribution is 5.93. The van der Waals surface area contributed by atoms with E-state index in [0.717, 1.165) is 11.3 Å². The molecule has 5 nitrogen and oxygen atoms in total. The third kappa shape index (κ3) is 5.07. The Kier molecular flexibility index (Phi) is 5.48. The number of aryl methyl sites for hydroxylation is 1. The Morgan fingerprint density at radius 2 is 2.00 bits per heavy atom. The Bertz CT molecular complexity index is 470. The summed E-state index contributed by atoms with van der Waals surface area (Å²) in [5.41, 5.74) is 2.12. The fourth-order valence-electron chi connectivity index (χ4n) is 1.58. The van der Waals surface area contributed by atoms with Crippen molar-refractivity contribution in [1.29, 1.82) is 0 Å². The largest absolute Gasteiger partial charge is 0.338 e. The fourth-order valence-corrected chi connectivity index (χ4v) is 1.58. The number of nitrogens with zero attached hydrogens (tertiary/aromatic N) is 1. The molecule has 5 heteroatoms. The molecule has 0 fully saturated rings. The van der Waals surface area contributed by atoms with Crippen molar-refractivity contribution >= 4 is 11.9 Å². The number of imide groups is 1. The molecule has 19 heavy (non-hydrogen) atoms. The van der Waals surface area contributed by atoms with E-state index in [1.165, 1.54) is 0 Å². The second-order valence-electron chi connectivity index (χ2n) is 5.06. The summed E-state index contributed by atoms with van der Waals surface area (Å²) < 4.78 is 1.82. The van der Waals surface area contributed by atoms with Crippen LogP contribution in [0.2, 0.25) is 0 Å². The van der Waals surface area contributed by atoms with Crippen molar-refractivity contribution in [3.63, 3.8) is 0 Å². The van der Waals surface area contributed by atoms with E-state index in [0.29, 0.717) is 12.5 Å². The van der Waals surface area contributed by atoms with Gasteiger partial charge in [0, 0.05) is 25.1 Å². The number of pyridine rings is 1. The first kappa shape index (κ1) is 15.1. The molecular formula is C14H22N3O2+. The van der Waals surface area contributed by atoms with Crippen LogP contribution in [0.5, 0.6) is 0 Å². The molecule has 1 rings (SSSR count). The van der Waals surface area contributed by atoms with Crippen LogP contribution in [0.4, 0.5) is 4.79 Å². The normalized spacial score (nSPS) is 10.4. The molecule has 0 unspecified atom stereocenters. The van der Waals surface area contributed by atoms with Gasteiger partial charge in [-0.05, 0) is 18.9 Å². The highest BCUT2D eigenvalue weighted by atomic mass is 16.2. The summed E-state index contributed by atoms with van der Waals surface area (Å²) in [4.78, 5) is 23.2. The minimum Gasteiger partial charge on any atom is -0.338 e. The molecule has 3 amide bonds. The van der Waals surface area contributed by atoms with E-state index in [9.17, 15) is 9.59 Å². The van der Waals surface area contributed by atoms with Gasteiger partial charge in [-0.25, -0.2) is 4.79 Å². The van der Waals surface area contributed by atoms with Crippen molar-refractivity contribution in [2.24, 2.45) is 5.92 Å². The molecule has 0 aliphatic carbocycles. The van der Waals surface area contributed by atoms with Gasteiger partial charge in [0.1, 0.15) is 0 Å². The standard InChI is InChI=1S/C14H21N3O2/c1-10(2)8-15-14(19)16-13(18)9-17-7-5-6-11(3)12(17)4/h5-7,10H,8-9H2,1-4H3,(H-,15,16,18,19)/p+1. The zero-order valence-electron chi connectivity index (χ0n) is 12.0. The van der Waals surface area contributed by atoms with Gasteiger partial charge in [0.05, 0.1) is 0 Å². The molecule has 1 aromatic rings. The summed E-state index contributed by atoms with van der Waals surface area (Å²) in [6.45, 7) is 8.61. The van der Waals surface area contributed by atoms with Gasteiger partial charge in [-0.15, -0.1) is 0 Å². The molecule has 0 spiro atoms. The van der Waals surface area contributed by atoms with Gasteiger partial charge < -0.3 is 5.32 Å². The molecular weight excluding hydrogens is 242 g/mol. The molecule has 0 aliphatic heterocycles. The maximum Gasteiger partial charge on any atom is 0.321 e. The molecule has 0 atom stereocenters. The lowest BCUT2D eigenvalue weighted by molar-refractivity contribution is -0.690. The van der Waals surface area contributed by atoms with Crippen LogP contribution in [0, 0.1) is 19.8 Å². The summed E-state index contributed by atoms with van der Waals surface area (Å²) >= 11 is 0. The molecule has 0 saturated heterocycles. The summed E-state index contributed by atoms with van der Waals surface area (Å²) in [6, 6.07) is 3.43. The van der Waals surface area contributed by atoms with Crippen molar-refractivity contribution < 1.29 is 14.2 Å². The number of carbonyl (C=O) groups excluding carboxylic acids is 2. The average molecular weight is 264 g/mol. The molecule has 2 N–H and O–H groups in total. The minimum absolute atomic E-state index is 0.141. The first-order valence-corrected chi connectivity index (χ1v) is 6.43. The van der Waals surface area contributed by atoms with Crippen LogP contribution in [0.15, 0.2) is 18.3 Å². The quantitative estimate of drug-likeness (QED) is 0.799. The first-order chi connectivity index (χ1) is 8.90. The number of carbonyl (C=O) groups is 2. The van der Waals surface area contributed by atoms with E-state index in [1.54, 1.807) is 0 Å². The number of hydrogen-bond donors (Lipinski definition) is 2. The van der Waals surface area contributed by atoms with Crippen LogP contribution in [0.25, 0.3) is 0 Å². The van der Waals surface area contributed by atoms with Gasteiger partial charge in [0.15, 0.2) is 11.9 Å². The van der Waals surface area contributed by atoms with Crippen molar-refractivity contribution in [3.05, 3.63) is 29.6 Å². The van der Waals surface area contributed by atoms with Gasteiger partial charge in [0.25, 0.3) is 5.91 Å². The van der Waals surface area contributed by atoms with Crippen molar-refractivity contribution in [1.82, 2.24) is 10.6 Å². The van der Waals surface area contributed by atoms with Gasteiger partial charge in [-0.3, -0.25) is 10.1 Å². The SMILES string of the molecule is Cc1ccc[n+](CC(=O)NC(=O)NCC(C)C)c1C. The monoisotopic (exact) mass is 264 g/mol. The van der Waals surface area contributed by atoms with Crippen LogP contribution in [-0.4, -0.2) is 18.5 Å². The molecule has 104 valence electrons. The fraction of sp³-hybridized carbons (Fsp3) is 0.500. The topological polar surface area (TPSA) is 62.1 Å². The molecule has 0 aromatic carbocycles. The number of amides is 3. The second-order valence-corrected chi connectivity index (χ2v) is 5.06. The Morgan fingerprint density at radius 1 is 1.32 bits per heavy atom. The first-order valence-electron chi connectivity index (χ1n) is 6.43. The van der Waals surface area contributed by atoms with Crippen molar-refractivity contribution in [2.75, 3.05) is 6.54 Å². The molecule has 1 heterocycles. The zero-order valence-corrected chi connectivity index (χ0v) is 12.0. The predicted octanol–water partition coefficient (Wildman–Crippen LogP) is 1.07. The average Bonchev–Trinajstić information content (AvgIpc) is 2.32. The highest BCUT2D eigenvalue weighted by Gasteiger charge is 2.15.